The molecule has 0 spiro atoms. The summed E-state index contributed by atoms with van der Waals surface area (Å²) in [5.41, 5.74) is 3.55. The van der Waals surface area contributed by atoms with Gasteiger partial charge in [0.1, 0.15) is 11.6 Å². The Morgan fingerprint density at radius 1 is 1.10 bits per heavy atom. The quantitative estimate of drug-likeness (QED) is 0.571. The first-order chi connectivity index (χ1) is 14.0. The summed E-state index contributed by atoms with van der Waals surface area (Å²) in [6.07, 6.45) is 2.45. The van der Waals surface area contributed by atoms with Crippen molar-refractivity contribution in [3.8, 4) is 0 Å². The molecule has 4 aromatic rings. The number of hydrogen-bond donors (Lipinski definition) is 1. The minimum absolute atomic E-state index is 0.112. The van der Waals surface area contributed by atoms with Gasteiger partial charge in [0.05, 0.1) is 11.7 Å². The number of aromatic nitrogens is 3. The number of amides is 1. The molecule has 6 heteroatoms. The molecular formula is C23H24N4O2. The van der Waals surface area contributed by atoms with E-state index in [1.165, 1.54) is 15.8 Å². The van der Waals surface area contributed by atoms with Crippen molar-refractivity contribution in [3.63, 3.8) is 0 Å². The fraction of sp³-hybridized carbons (Fsp3) is 0.261. The molecule has 2 aromatic carbocycles. The van der Waals surface area contributed by atoms with Crippen LogP contribution in [0.3, 0.4) is 0 Å². The van der Waals surface area contributed by atoms with E-state index in [9.17, 15) is 9.59 Å². The van der Waals surface area contributed by atoms with Gasteiger partial charge in [-0.1, -0.05) is 48.0 Å². The van der Waals surface area contributed by atoms with E-state index in [-0.39, 0.29) is 11.5 Å². The van der Waals surface area contributed by atoms with Gasteiger partial charge in [-0.15, -0.1) is 0 Å². The van der Waals surface area contributed by atoms with E-state index < -0.39 is 6.04 Å². The fourth-order valence-corrected chi connectivity index (χ4v) is 3.74. The molecule has 29 heavy (non-hydrogen) atoms. The molecular weight excluding hydrogens is 364 g/mol. The lowest BCUT2D eigenvalue weighted by Crippen LogP contribution is -2.33. The minimum Gasteiger partial charge on any atom is -0.354 e. The van der Waals surface area contributed by atoms with E-state index in [0.29, 0.717) is 12.1 Å². The SMILES string of the molecule is Cc1ccc(CCNC(=O)[C@@H](C)n2c3ccccc3c3cnn(C)c(=O)c32)cc1. The Labute approximate surface area is 168 Å². The lowest BCUT2D eigenvalue weighted by atomic mass is 10.1. The van der Waals surface area contributed by atoms with E-state index in [0.717, 1.165) is 22.7 Å². The lowest BCUT2D eigenvalue weighted by Gasteiger charge is -2.16. The van der Waals surface area contributed by atoms with Gasteiger partial charge in [-0.05, 0) is 31.9 Å². The van der Waals surface area contributed by atoms with Gasteiger partial charge in [0.25, 0.3) is 5.56 Å². The number of rotatable bonds is 5. The van der Waals surface area contributed by atoms with Crippen LogP contribution in [0, 0.1) is 6.92 Å². The molecule has 0 fully saturated rings. The van der Waals surface area contributed by atoms with Gasteiger partial charge in [-0.3, -0.25) is 9.59 Å². The normalized spacial score (nSPS) is 12.4. The molecule has 1 N–H and O–H groups in total. The molecule has 0 saturated heterocycles. The topological polar surface area (TPSA) is 68.9 Å². The Balaban J connectivity index is 1.64. The largest absolute Gasteiger partial charge is 0.354 e. The summed E-state index contributed by atoms with van der Waals surface area (Å²) in [5, 5.41) is 8.86. The first-order valence-corrected chi connectivity index (χ1v) is 9.75. The number of carbonyl (C=O) groups excluding carboxylic acids is 1. The Bertz CT molecular complexity index is 1250. The molecule has 2 heterocycles. The van der Waals surface area contributed by atoms with Crippen molar-refractivity contribution in [2.24, 2.45) is 7.05 Å². The molecule has 0 aliphatic heterocycles. The average Bonchev–Trinajstić information content (AvgIpc) is 3.06. The number of carbonyl (C=O) groups is 1. The van der Waals surface area contributed by atoms with E-state index >= 15 is 0 Å². The molecule has 148 valence electrons. The second kappa shape index (κ2) is 7.54. The number of benzene rings is 2. The molecule has 4 rings (SSSR count). The van der Waals surface area contributed by atoms with Crippen LogP contribution in [0.2, 0.25) is 0 Å². The van der Waals surface area contributed by atoms with Gasteiger partial charge in [0.2, 0.25) is 5.91 Å². The zero-order valence-corrected chi connectivity index (χ0v) is 16.8. The number of fused-ring (bicyclic) bond motifs is 3. The number of hydrogen-bond acceptors (Lipinski definition) is 3. The number of nitrogens with zero attached hydrogens (tertiary/aromatic N) is 3. The molecule has 0 aliphatic rings. The van der Waals surface area contributed by atoms with Crippen molar-refractivity contribution in [2.45, 2.75) is 26.3 Å². The van der Waals surface area contributed by atoms with Gasteiger partial charge < -0.3 is 9.88 Å². The van der Waals surface area contributed by atoms with Crippen molar-refractivity contribution >= 4 is 27.7 Å². The highest BCUT2D eigenvalue weighted by molar-refractivity contribution is 6.08. The van der Waals surface area contributed by atoms with Crippen LogP contribution in [-0.2, 0) is 18.3 Å². The van der Waals surface area contributed by atoms with Gasteiger partial charge in [0.15, 0.2) is 0 Å². The van der Waals surface area contributed by atoms with Crippen molar-refractivity contribution in [2.75, 3.05) is 6.54 Å². The molecule has 1 amide bonds. The Morgan fingerprint density at radius 3 is 2.59 bits per heavy atom. The highest BCUT2D eigenvalue weighted by atomic mass is 16.2. The van der Waals surface area contributed by atoms with Crippen LogP contribution in [-0.4, -0.2) is 26.8 Å². The summed E-state index contributed by atoms with van der Waals surface area (Å²) >= 11 is 0. The fourth-order valence-electron chi connectivity index (χ4n) is 3.74. The minimum atomic E-state index is -0.523. The van der Waals surface area contributed by atoms with E-state index in [1.54, 1.807) is 13.2 Å². The van der Waals surface area contributed by atoms with Crippen molar-refractivity contribution in [1.29, 1.82) is 0 Å². The molecule has 0 unspecified atom stereocenters. The molecule has 2 aromatic heterocycles. The van der Waals surface area contributed by atoms with Crippen LogP contribution in [0.4, 0.5) is 0 Å². The highest BCUT2D eigenvalue weighted by Gasteiger charge is 2.22. The highest BCUT2D eigenvalue weighted by Crippen LogP contribution is 2.29. The second-order valence-electron chi connectivity index (χ2n) is 7.43. The maximum Gasteiger partial charge on any atom is 0.291 e. The second-order valence-corrected chi connectivity index (χ2v) is 7.43. The smallest absolute Gasteiger partial charge is 0.291 e. The van der Waals surface area contributed by atoms with Crippen LogP contribution in [0.5, 0.6) is 0 Å². The third-order valence-electron chi connectivity index (χ3n) is 5.41. The van der Waals surface area contributed by atoms with E-state index in [1.807, 2.05) is 35.8 Å². The van der Waals surface area contributed by atoms with E-state index in [2.05, 4.69) is 41.6 Å². The molecule has 6 nitrogen and oxygen atoms in total. The summed E-state index contributed by atoms with van der Waals surface area (Å²) in [7, 11) is 1.62. The summed E-state index contributed by atoms with van der Waals surface area (Å²) < 4.78 is 3.13. The van der Waals surface area contributed by atoms with Gasteiger partial charge in [0, 0.05) is 24.4 Å². The molecule has 0 bridgehead atoms. The van der Waals surface area contributed by atoms with Gasteiger partial charge in [-0.25, -0.2) is 4.68 Å². The predicted octanol–water partition coefficient (Wildman–Crippen LogP) is 3.12. The van der Waals surface area contributed by atoms with Gasteiger partial charge >= 0.3 is 0 Å². The standard InChI is InChI=1S/C23H24N4O2/c1-15-8-10-17(11-9-15)12-13-24-22(28)16(2)27-20-7-5-4-6-18(20)19-14-25-26(3)23(29)21(19)27/h4-11,14,16H,12-13H2,1-3H3,(H,24,28)/t16-/m1/s1. The number of nitrogens with one attached hydrogen (secondary N) is 1. The summed E-state index contributed by atoms with van der Waals surface area (Å²) in [5.74, 6) is -0.112. The summed E-state index contributed by atoms with van der Waals surface area (Å²) in [6.45, 7) is 4.43. The van der Waals surface area contributed by atoms with Crippen molar-refractivity contribution in [3.05, 3.63) is 76.2 Å². The maximum absolute atomic E-state index is 12.9. The first kappa shape index (κ1) is 18.9. The van der Waals surface area contributed by atoms with Crippen molar-refractivity contribution in [1.82, 2.24) is 19.7 Å². The summed E-state index contributed by atoms with van der Waals surface area (Å²) in [4.78, 5) is 25.7. The Morgan fingerprint density at radius 2 is 1.83 bits per heavy atom. The first-order valence-electron chi connectivity index (χ1n) is 9.75. The number of aryl methyl sites for hydroxylation is 2. The Kier molecular flexibility index (Phi) is 4.92. The van der Waals surface area contributed by atoms with E-state index in [4.69, 9.17) is 0 Å². The van der Waals surface area contributed by atoms with Gasteiger partial charge in [-0.2, -0.15) is 5.10 Å². The zero-order valence-electron chi connectivity index (χ0n) is 16.8. The Hall–Kier alpha value is -3.41. The average molecular weight is 388 g/mol. The summed E-state index contributed by atoms with van der Waals surface area (Å²) in [6, 6.07) is 15.5. The zero-order chi connectivity index (χ0) is 20.5. The third kappa shape index (κ3) is 3.42. The number of para-hydroxylation sites is 1. The predicted molar refractivity (Wildman–Crippen MR) is 115 cm³/mol. The molecule has 0 radical (unpaired) electrons. The van der Waals surface area contributed by atoms with Crippen LogP contribution < -0.4 is 10.9 Å². The van der Waals surface area contributed by atoms with Crippen LogP contribution in [0.15, 0.2) is 59.5 Å². The lowest BCUT2D eigenvalue weighted by molar-refractivity contribution is -0.123. The maximum atomic E-state index is 12.9. The van der Waals surface area contributed by atoms with Crippen LogP contribution in [0.1, 0.15) is 24.1 Å². The third-order valence-corrected chi connectivity index (χ3v) is 5.41. The monoisotopic (exact) mass is 388 g/mol. The molecule has 0 aliphatic carbocycles. The molecule has 0 saturated carbocycles. The van der Waals surface area contributed by atoms with Crippen molar-refractivity contribution < 1.29 is 4.79 Å². The molecule has 1 atom stereocenters. The van der Waals surface area contributed by atoms with Crippen LogP contribution in [0.25, 0.3) is 21.8 Å². The van der Waals surface area contributed by atoms with Crippen LogP contribution >= 0.6 is 0 Å².